The van der Waals surface area contributed by atoms with E-state index in [4.69, 9.17) is 9.47 Å². The Morgan fingerprint density at radius 1 is 1.16 bits per heavy atom. The van der Waals surface area contributed by atoms with E-state index in [0.29, 0.717) is 5.91 Å². The number of piperidine rings is 1. The molecule has 0 saturated carbocycles. The van der Waals surface area contributed by atoms with Gasteiger partial charge in [0.15, 0.2) is 0 Å². The Labute approximate surface area is 150 Å². The third kappa shape index (κ3) is 2.99. The molecule has 2 aliphatic heterocycles. The van der Waals surface area contributed by atoms with Crippen LogP contribution in [-0.4, -0.2) is 50.2 Å². The molecule has 0 radical (unpaired) electrons. The van der Waals surface area contributed by atoms with E-state index < -0.39 is 0 Å². The van der Waals surface area contributed by atoms with Gasteiger partial charge in [0.1, 0.15) is 11.5 Å². The molecule has 0 aromatic heterocycles. The summed E-state index contributed by atoms with van der Waals surface area (Å²) in [5.74, 6) is 2.02. The van der Waals surface area contributed by atoms with Crippen molar-refractivity contribution in [1.82, 2.24) is 10.2 Å². The van der Waals surface area contributed by atoms with Crippen molar-refractivity contribution < 1.29 is 14.3 Å². The summed E-state index contributed by atoms with van der Waals surface area (Å²) < 4.78 is 11.0. The maximum absolute atomic E-state index is 13.5. The van der Waals surface area contributed by atoms with Crippen molar-refractivity contribution in [2.75, 3.05) is 33.9 Å². The smallest absolute Gasteiger partial charge is 0.230 e. The van der Waals surface area contributed by atoms with Gasteiger partial charge >= 0.3 is 0 Å². The van der Waals surface area contributed by atoms with Crippen molar-refractivity contribution >= 4 is 5.91 Å². The second-order valence-electron chi connectivity index (χ2n) is 8.15. The molecule has 2 heterocycles. The van der Waals surface area contributed by atoms with E-state index in [0.717, 1.165) is 49.5 Å². The van der Waals surface area contributed by atoms with Crippen LogP contribution < -0.4 is 14.8 Å². The highest BCUT2D eigenvalue weighted by Gasteiger charge is 2.56. The lowest BCUT2D eigenvalue weighted by molar-refractivity contribution is -0.141. The number of nitrogens with zero attached hydrogens (tertiary/aromatic N) is 1. The summed E-state index contributed by atoms with van der Waals surface area (Å²) in [4.78, 5) is 15.5. The van der Waals surface area contributed by atoms with E-state index in [-0.39, 0.29) is 16.9 Å². The zero-order chi connectivity index (χ0) is 18.2. The molecule has 2 aliphatic rings. The van der Waals surface area contributed by atoms with Crippen LogP contribution in [0.3, 0.4) is 0 Å². The second kappa shape index (κ2) is 6.52. The molecule has 1 aromatic rings. The first-order valence-electron chi connectivity index (χ1n) is 9.08. The molecule has 5 heteroatoms. The molecule has 0 unspecified atom stereocenters. The number of methoxy groups -OCH3 is 2. The fourth-order valence-corrected chi connectivity index (χ4v) is 4.37. The van der Waals surface area contributed by atoms with E-state index in [9.17, 15) is 4.79 Å². The minimum Gasteiger partial charge on any atom is -0.497 e. The molecule has 138 valence electrons. The molecule has 1 aromatic carbocycles. The van der Waals surface area contributed by atoms with Crippen molar-refractivity contribution in [3.63, 3.8) is 0 Å². The van der Waals surface area contributed by atoms with Crippen LogP contribution in [0.25, 0.3) is 0 Å². The van der Waals surface area contributed by atoms with E-state index in [2.05, 4.69) is 37.1 Å². The summed E-state index contributed by atoms with van der Waals surface area (Å²) in [5, 5.41) is 3.41. The van der Waals surface area contributed by atoms with Gasteiger partial charge in [0.05, 0.1) is 19.6 Å². The van der Waals surface area contributed by atoms with E-state index in [1.54, 1.807) is 14.2 Å². The van der Waals surface area contributed by atoms with E-state index >= 15 is 0 Å². The molecule has 25 heavy (non-hydrogen) atoms. The Bertz CT molecular complexity index is 645. The summed E-state index contributed by atoms with van der Waals surface area (Å²) in [7, 11) is 3.34. The van der Waals surface area contributed by atoms with Gasteiger partial charge in [-0.2, -0.15) is 0 Å². The maximum atomic E-state index is 13.5. The summed E-state index contributed by atoms with van der Waals surface area (Å²) in [5.41, 5.74) is 0.606. The molecular weight excluding hydrogens is 316 g/mol. The van der Waals surface area contributed by atoms with Crippen molar-refractivity contribution in [3.8, 4) is 11.5 Å². The lowest BCUT2D eigenvalue weighted by Gasteiger charge is -2.38. The first-order valence-corrected chi connectivity index (χ1v) is 9.08. The average Bonchev–Trinajstić information content (AvgIpc) is 2.87. The number of ether oxygens (including phenoxy) is 2. The molecule has 1 amide bonds. The number of hydrogen-bond donors (Lipinski definition) is 1. The van der Waals surface area contributed by atoms with Crippen LogP contribution in [0.2, 0.25) is 0 Å². The van der Waals surface area contributed by atoms with Gasteiger partial charge in [0, 0.05) is 29.6 Å². The predicted molar refractivity (Wildman–Crippen MR) is 98.3 cm³/mol. The zero-order valence-electron chi connectivity index (χ0n) is 16.0. The third-order valence-electron chi connectivity index (χ3n) is 5.82. The summed E-state index contributed by atoms with van der Waals surface area (Å²) in [6.45, 7) is 8.87. The molecule has 0 bridgehead atoms. The molecule has 1 spiro atoms. The average molecular weight is 346 g/mol. The van der Waals surface area contributed by atoms with Crippen LogP contribution in [0.5, 0.6) is 11.5 Å². The number of benzene rings is 1. The molecule has 1 atom stereocenters. The van der Waals surface area contributed by atoms with E-state index in [1.165, 1.54) is 0 Å². The Hall–Kier alpha value is -1.75. The van der Waals surface area contributed by atoms with Crippen molar-refractivity contribution in [3.05, 3.63) is 23.8 Å². The first kappa shape index (κ1) is 18.1. The minimum atomic E-state index is -0.333. The van der Waals surface area contributed by atoms with Crippen LogP contribution in [0, 0.1) is 5.41 Å². The van der Waals surface area contributed by atoms with Crippen LogP contribution in [0.4, 0.5) is 0 Å². The molecular formula is C20H30N2O3. The Balaban J connectivity index is 2.08. The van der Waals surface area contributed by atoms with Gasteiger partial charge in [-0.15, -0.1) is 0 Å². The van der Waals surface area contributed by atoms with Gasteiger partial charge in [-0.3, -0.25) is 4.79 Å². The number of hydrogen-bond acceptors (Lipinski definition) is 4. The SMILES string of the molecule is COc1ccc([C@H]2CN(C(C)(C)C)C(=O)C23CCNCC3)c(OC)c1. The van der Waals surface area contributed by atoms with Crippen molar-refractivity contribution in [1.29, 1.82) is 0 Å². The minimum absolute atomic E-state index is 0.141. The molecule has 0 aliphatic carbocycles. The molecule has 2 saturated heterocycles. The Morgan fingerprint density at radius 2 is 1.84 bits per heavy atom. The van der Waals surface area contributed by atoms with Crippen molar-refractivity contribution in [2.45, 2.75) is 45.1 Å². The summed E-state index contributed by atoms with van der Waals surface area (Å²) in [6, 6.07) is 5.97. The second-order valence-corrected chi connectivity index (χ2v) is 8.15. The topological polar surface area (TPSA) is 50.8 Å². The maximum Gasteiger partial charge on any atom is 0.230 e. The fraction of sp³-hybridized carbons (Fsp3) is 0.650. The van der Waals surface area contributed by atoms with Gasteiger partial charge in [-0.1, -0.05) is 6.07 Å². The third-order valence-corrected chi connectivity index (χ3v) is 5.82. The number of amides is 1. The largest absolute Gasteiger partial charge is 0.497 e. The Kier molecular flexibility index (Phi) is 4.71. The number of likely N-dealkylation sites (tertiary alicyclic amines) is 1. The fourth-order valence-electron chi connectivity index (χ4n) is 4.37. The quantitative estimate of drug-likeness (QED) is 0.914. The normalized spacial score (nSPS) is 23.2. The highest BCUT2D eigenvalue weighted by Crippen LogP contribution is 2.53. The molecule has 1 N–H and O–H groups in total. The lowest BCUT2D eigenvalue weighted by atomic mass is 9.68. The summed E-state index contributed by atoms with van der Waals surface area (Å²) >= 11 is 0. The van der Waals surface area contributed by atoms with Crippen LogP contribution in [0.15, 0.2) is 18.2 Å². The number of carbonyl (C=O) groups excluding carboxylic acids is 1. The first-order chi connectivity index (χ1) is 11.8. The predicted octanol–water partition coefficient (Wildman–Crippen LogP) is 2.80. The number of carbonyl (C=O) groups is 1. The van der Waals surface area contributed by atoms with Crippen LogP contribution in [0.1, 0.15) is 45.1 Å². The van der Waals surface area contributed by atoms with Gasteiger partial charge < -0.3 is 19.7 Å². The highest BCUT2D eigenvalue weighted by atomic mass is 16.5. The van der Waals surface area contributed by atoms with E-state index in [1.807, 2.05) is 12.1 Å². The van der Waals surface area contributed by atoms with Crippen molar-refractivity contribution in [2.24, 2.45) is 5.41 Å². The molecule has 2 fully saturated rings. The van der Waals surface area contributed by atoms with Gasteiger partial charge in [-0.05, 0) is 52.8 Å². The Morgan fingerprint density at radius 3 is 2.40 bits per heavy atom. The standard InChI is InChI=1S/C20H30N2O3/c1-19(2,3)22-13-16(20(18(22)23)8-10-21-11-9-20)15-7-6-14(24-4)12-17(15)25-5/h6-7,12,16,21H,8-11,13H2,1-5H3/t16-/m1/s1. The number of rotatable bonds is 3. The highest BCUT2D eigenvalue weighted by molar-refractivity contribution is 5.87. The van der Waals surface area contributed by atoms with Gasteiger partial charge in [0.2, 0.25) is 5.91 Å². The van der Waals surface area contributed by atoms with Crippen LogP contribution >= 0.6 is 0 Å². The van der Waals surface area contributed by atoms with Gasteiger partial charge in [0.25, 0.3) is 0 Å². The summed E-state index contributed by atoms with van der Waals surface area (Å²) in [6.07, 6.45) is 1.75. The van der Waals surface area contributed by atoms with Crippen LogP contribution in [-0.2, 0) is 4.79 Å². The number of nitrogens with one attached hydrogen (secondary N) is 1. The van der Waals surface area contributed by atoms with Gasteiger partial charge in [-0.25, -0.2) is 0 Å². The monoisotopic (exact) mass is 346 g/mol. The zero-order valence-corrected chi connectivity index (χ0v) is 16.0. The molecule has 5 nitrogen and oxygen atoms in total. The molecule has 3 rings (SSSR count). The lowest BCUT2D eigenvalue weighted by Crippen LogP contribution is -2.48.